The summed E-state index contributed by atoms with van der Waals surface area (Å²) in [6, 6.07) is 0. The molecule has 0 nitrogen and oxygen atoms in total. The molecule has 0 unspecified atom stereocenters. The molecule has 0 spiro atoms. The van der Waals surface area contributed by atoms with Gasteiger partial charge in [0.05, 0.1) is 0 Å². The lowest BCUT2D eigenvalue weighted by atomic mass is 10.1. The van der Waals surface area contributed by atoms with Crippen molar-refractivity contribution in [2.24, 2.45) is 0 Å². The zero-order chi connectivity index (χ0) is 8.10. The number of hydrogen-bond acceptors (Lipinski definition) is 0. The molecule has 0 radical (unpaired) electrons. The van der Waals surface area contributed by atoms with Crippen molar-refractivity contribution in [2.45, 2.75) is 51.9 Å². The van der Waals surface area contributed by atoms with E-state index < -0.39 is 0 Å². The molecule has 0 aromatic heterocycles. The van der Waals surface area contributed by atoms with Crippen LogP contribution in [0.5, 0.6) is 0 Å². The van der Waals surface area contributed by atoms with Crippen molar-refractivity contribution in [2.75, 3.05) is 0 Å². The summed E-state index contributed by atoms with van der Waals surface area (Å²) in [5.41, 5.74) is 1.76. The van der Waals surface area contributed by atoms with Crippen LogP contribution in [0.2, 0.25) is 0 Å². The van der Waals surface area contributed by atoms with Gasteiger partial charge in [-0.3, -0.25) is 0 Å². The topological polar surface area (TPSA) is 0 Å². The minimum Gasteiger partial charge on any atom is -0.0654 e. The van der Waals surface area contributed by atoms with Gasteiger partial charge >= 0.3 is 0 Å². The summed E-state index contributed by atoms with van der Waals surface area (Å²) in [5, 5.41) is 0. The average molecular weight is 264 g/mol. The SMILES string of the molecule is CCCCC(I)=C1CCCC1. The van der Waals surface area contributed by atoms with Crippen molar-refractivity contribution in [1.82, 2.24) is 0 Å². The molecule has 0 amide bonds. The van der Waals surface area contributed by atoms with Crippen molar-refractivity contribution in [3.8, 4) is 0 Å². The molecule has 1 saturated carbocycles. The molecule has 1 fully saturated rings. The smallest absolute Gasteiger partial charge is 0.0102 e. The Kier molecular flexibility index (Phi) is 4.50. The summed E-state index contributed by atoms with van der Waals surface area (Å²) >= 11 is 2.55. The van der Waals surface area contributed by atoms with Gasteiger partial charge in [0, 0.05) is 0 Å². The second-order valence-corrected chi connectivity index (χ2v) is 4.62. The number of rotatable bonds is 3. The number of allylic oxidation sites excluding steroid dienone is 2. The van der Waals surface area contributed by atoms with Crippen LogP contribution in [-0.2, 0) is 0 Å². The lowest BCUT2D eigenvalue weighted by Gasteiger charge is -2.02. The fourth-order valence-electron chi connectivity index (χ4n) is 1.58. The van der Waals surface area contributed by atoms with Crippen LogP contribution < -0.4 is 0 Å². The minimum atomic E-state index is 1.33. The van der Waals surface area contributed by atoms with Gasteiger partial charge in [-0.25, -0.2) is 0 Å². The van der Waals surface area contributed by atoms with E-state index in [1.807, 2.05) is 0 Å². The highest BCUT2D eigenvalue weighted by Gasteiger charge is 2.09. The van der Waals surface area contributed by atoms with E-state index in [9.17, 15) is 0 Å². The second kappa shape index (κ2) is 5.18. The molecule has 0 aromatic carbocycles. The highest BCUT2D eigenvalue weighted by atomic mass is 127. The third kappa shape index (κ3) is 3.14. The third-order valence-corrected chi connectivity index (χ3v) is 3.64. The molecule has 0 heterocycles. The average Bonchev–Trinajstić information content (AvgIpc) is 2.52. The van der Waals surface area contributed by atoms with E-state index in [1.54, 1.807) is 9.15 Å². The van der Waals surface area contributed by atoms with Gasteiger partial charge in [-0.2, -0.15) is 0 Å². The maximum absolute atomic E-state index is 2.55. The van der Waals surface area contributed by atoms with Gasteiger partial charge in [0.2, 0.25) is 0 Å². The van der Waals surface area contributed by atoms with E-state index in [2.05, 4.69) is 29.5 Å². The fourth-order valence-corrected chi connectivity index (χ4v) is 2.50. The van der Waals surface area contributed by atoms with E-state index >= 15 is 0 Å². The highest BCUT2D eigenvalue weighted by molar-refractivity contribution is 14.1. The summed E-state index contributed by atoms with van der Waals surface area (Å²) in [6.45, 7) is 2.27. The predicted molar refractivity (Wildman–Crippen MR) is 59.0 cm³/mol. The van der Waals surface area contributed by atoms with Gasteiger partial charge in [0.1, 0.15) is 0 Å². The normalized spacial score (nSPS) is 17.5. The largest absolute Gasteiger partial charge is 0.0654 e. The van der Waals surface area contributed by atoms with Crippen molar-refractivity contribution in [1.29, 1.82) is 0 Å². The summed E-state index contributed by atoms with van der Waals surface area (Å²) < 4.78 is 1.67. The molecule has 1 aliphatic rings. The number of halogens is 1. The molecule has 1 aliphatic carbocycles. The van der Waals surface area contributed by atoms with Crippen LogP contribution >= 0.6 is 22.6 Å². The van der Waals surface area contributed by atoms with E-state index in [0.29, 0.717) is 0 Å². The third-order valence-electron chi connectivity index (χ3n) is 2.34. The Hall–Kier alpha value is 0.470. The molecular weight excluding hydrogens is 247 g/mol. The Morgan fingerprint density at radius 2 is 2.00 bits per heavy atom. The van der Waals surface area contributed by atoms with Crippen molar-refractivity contribution < 1.29 is 0 Å². The summed E-state index contributed by atoms with van der Waals surface area (Å²) in [7, 11) is 0. The van der Waals surface area contributed by atoms with Crippen LogP contribution in [0.1, 0.15) is 51.9 Å². The molecule has 11 heavy (non-hydrogen) atoms. The van der Waals surface area contributed by atoms with Crippen LogP contribution in [0.3, 0.4) is 0 Å². The first-order valence-corrected chi connectivity index (χ1v) is 5.79. The van der Waals surface area contributed by atoms with E-state index in [4.69, 9.17) is 0 Å². The van der Waals surface area contributed by atoms with Gasteiger partial charge in [-0.1, -0.05) is 18.9 Å². The van der Waals surface area contributed by atoms with Gasteiger partial charge < -0.3 is 0 Å². The standard InChI is InChI=1S/C10H17I/c1-2-3-8-10(11)9-6-4-5-7-9/h2-8H2,1H3. The van der Waals surface area contributed by atoms with E-state index in [0.717, 1.165) is 0 Å². The first kappa shape index (κ1) is 9.56. The first-order chi connectivity index (χ1) is 5.34. The maximum atomic E-state index is 2.55. The quantitative estimate of drug-likeness (QED) is 0.661. The van der Waals surface area contributed by atoms with Crippen molar-refractivity contribution in [3.63, 3.8) is 0 Å². The molecule has 0 aromatic rings. The molecule has 0 saturated heterocycles. The van der Waals surface area contributed by atoms with Crippen LogP contribution in [0.25, 0.3) is 0 Å². The Morgan fingerprint density at radius 1 is 1.36 bits per heavy atom. The van der Waals surface area contributed by atoms with E-state index in [1.165, 1.54) is 44.9 Å². The molecule has 0 atom stereocenters. The monoisotopic (exact) mass is 264 g/mol. The first-order valence-electron chi connectivity index (χ1n) is 4.71. The zero-order valence-corrected chi connectivity index (χ0v) is 9.49. The Balaban J connectivity index is 2.35. The van der Waals surface area contributed by atoms with Crippen LogP contribution in [0, 0.1) is 0 Å². The lowest BCUT2D eigenvalue weighted by Crippen LogP contribution is -1.80. The maximum Gasteiger partial charge on any atom is -0.0102 e. The fraction of sp³-hybridized carbons (Fsp3) is 0.800. The predicted octanol–water partition coefficient (Wildman–Crippen LogP) is 4.44. The van der Waals surface area contributed by atoms with Crippen molar-refractivity contribution in [3.05, 3.63) is 9.15 Å². The number of hydrogen-bond donors (Lipinski definition) is 0. The van der Waals surface area contributed by atoms with Gasteiger partial charge in [-0.05, 0) is 64.7 Å². The van der Waals surface area contributed by atoms with Crippen molar-refractivity contribution >= 4 is 22.6 Å². The highest BCUT2D eigenvalue weighted by Crippen LogP contribution is 2.32. The molecular formula is C10H17I. The zero-order valence-electron chi connectivity index (χ0n) is 7.33. The summed E-state index contributed by atoms with van der Waals surface area (Å²) in [6.07, 6.45) is 9.71. The van der Waals surface area contributed by atoms with Crippen LogP contribution in [0.4, 0.5) is 0 Å². The Morgan fingerprint density at radius 3 is 2.55 bits per heavy atom. The summed E-state index contributed by atoms with van der Waals surface area (Å²) in [5.74, 6) is 0. The molecule has 1 heteroatoms. The van der Waals surface area contributed by atoms with Gasteiger partial charge in [0.25, 0.3) is 0 Å². The molecule has 64 valence electrons. The molecule has 0 aliphatic heterocycles. The van der Waals surface area contributed by atoms with E-state index in [-0.39, 0.29) is 0 Å². The Bertz CT molecular complexity index is 139. The molecule has 0 N–H and O–H groups in total. The molecule has 0 bridgehead atoms. The Labute approximate surface area is 83.6 Å². The minimum absolute atomic E-state index is 1.33. The van der Waals surface area contributed by atoms with Gasteiger partial charge in [0.15, 0.2) is 0 Å². The number of unbranched alkanes of at least 4 members (excludes halogenated alkanes) is 1. The van der Waals surface area contributed by atoms with Crippen LogP contribution in [0.15, 0.2) is 9.15 Å². The van der Waals surface area contributed by atoms with Crippen LogP contribution in [-0.4, -0.2) is 0 Å². The summed E-state index contributed by atoms with van der Waals surface area (Å²) in [4.78, 5) is 0. The second-order valence-electron chi connectivity index (χ2n) is 3.32. The lowest BCUT2D eigenvalue weighted by molar-refractivity contribution is 0.804. The molecule has 1 rings (SSSR count). The van der Waals surface area contributed by atoms with Gasteiger partial charge in [-0.15, -0.1) is 0 Å².